The van der Waals surface area contributed by atoms with E-state index in [-0.39, 0.29) is 0 Å². The third-order valence-corrected chi connectivity index (χ3v) is 0.706. The van der Waals surface area contributed by atoms with E-state index < -0.39 is 11.8 Å². The fourth-order valence-corrected chi connectivity index (χ4v) is 0.293. The van der Waals surface area contributed by atoms with Gasteiger partial charge in [-0.15, -0.1) is 0 Å². The molecule has 0 atom stereocenters. The molecule has 0 aliphatic rings. The summed E-state index contributed by atoms with van der Waals surface area (Å²) in [5.74, 6) is -2.63. The number of allylic oxidation sites excluding steroid dienone is 1. The van der Waals surface area contributed by atoms with Gasteiger partial charge in [0.25, 0.3) is 0 Å². The van der Waals surface area contributed by atoms with Crippen molar-refractivity contribution in [3.63, 3.8) is 0 Å². The molecule has 0 N–H and O–H groups in total. The summed E-state index contributed by atoms with van der Waals surface area (Å²) in [4.78, 5) is 19.8. The molecule has 0 aromatic heterocycles. The number of carbonyl (C=O) groups excluding carboxylic acids is 2. The topological polar surface area (TPSA) is 57.2 Å². The summed E-state index contributed by atoms with van der Waals surface area (Å²) in [6.07, 6.45) is 3.12. The molecule has 0 amide bonds. The molecule has 0 aliphatic heterocycles. The Balaban J connectivity index is 3.77. The molecule has 0 unspecified atom stereocenters. The molecule has 3 heteroatoms. The molecule has 0 rings (SSSR count). The van der Waals surface area contributed by atoms with Crippen LogP contribution in [0.2, 0.25) is 0 Å². The molecule has 0 saturated heterocycles. The van der Waals surface area contributed by atoms with Crippen LogP contribution >= 0.6 is 0 Å². The zero-order valence-corrected chi connectivity index (χ0v) is 5.09. The predicted molar refractivity (Wildman–Crippen MR) is 29.4 cm³/mol. The summed E-state index contributed by atoms with van der Waals surface area (Å²) < 4.78 is 0. The van der Waals surface area contributed by atoms with Crippen molar-refractivity contribution in [1.82, 2.24) is 0 Å². The second-order valence-corrected chi connectivity index (χ2v) is 1.46. The normalized spacial score (nSPS) is 9.89. The molecule has 0 saturated carbocycles. The summed E-state index contributed by atoms with van der Waals surface area (Å²) in [5.41, 5.74) is 0. The van der Waals surface area contributed by atoms with Crippen LogP contribution in [0.5, 0.6) is 0 Å². The van der Waals surface area contributed by atoms with E-state index in [9.17, 15) is 14.7 Å². The highest BCUT2D eigenvalue weighted by molar-refractivity contribution is 6.36. The maximum Gasteiger partial charge on any atom is 0.200 e. The predicted octanol–water partition coefficient (Wildman–Crippen LogP) is -0.728. The Morgan fingerprint density at radius 2 is 2.11 bits per heavy atom. The van der Waals surface area contributed by atoms with E-state index in [1.54, 1.807) is 6.92 Å². The molecule has 9 heavy (non-hydrogen) atoms. The van der Waals surface area contributed by atoms with Crippen molar-refractivity contribution in [3.8, 4) is 0 Å². The van der Waals surface area contributed by atoms with Crippen LogP contribution < -0.4 is 5.11 Å². The molecule has 0 heterocycles. The number of aliphatic carboxylic acids is 1. The van der Waals surface area contributed by atoms with Gasteiger partial charge in [-0.05, 0) is 12.5 Å². The van der Waals surface area contributed by atoms with E-state index in [1.165, 1.54) is 6.08 Å². The summed E-state index contributed by atoms with van der Waals surface area (Å²) in [6, 6.07) is 0. The fraction of sp³-hybridized carbons (Fsp3) is 0.333. The quantitative estimate of drug-likeness (QED) is 0.371. The third-order valence-electron chi connectivity index (χ3n) is 0.706. The van der Waals surface area contributed by atoms with E-state index in [4.69, 9.17) is 0 Å². The van der Waals surface area contributed by atoms with Gasteiger partial charge in [-0.1, -0.05) is 13.0 Å². The number of hydrogen-bond acceptors (Lipinski definition) is 3. The number of carbonyl (C=O) groups is 2. The molecule has 50 valence electrons. The summed E-state index contributed by atoms with van der Waals surface area (Å²) in [7, 11) is 0. The highest BCUT2D eigenvalue weighted by Gasteiger charge is 1.92. The highest BCUT2D eigenvalue weighted by Crippen LogP contribution is 1.79. The fourth-order valence-electron chi connectivity index (χ4n) is 0.293. The molecule has 3 nitrogen and oxygen atoms in total. The van der Waals surface area contributed by atoms with Crippen LogP contribution in [0.25, 0.3) is 0 Å². The van der Waals surface area contributed by atoms with E-state index >= 15 is 0 Å². The number of hydrogen-bond donors (Lipinski definition) is 0. The van der Waals surface area contributed by atoms with Gasteiger partial charge in [0.1, 0.15) is 5.97 Å². The van der Waals surface area contributed by atoms with Gasteiger partial charge in [-0.3, -0.25) is 4.79 Å². The largest absolute Gasteiger partial charge is 0.541 e. The first-order valence-electron chi connectivity index (χ1n) is 2.60. The minimum Gasteiger partial charge on any atom is -0.541 e. The summed E-state index contributed by atoms with van der Waals surface area (Å²) in [5, 5.41) is 9.69. The number of ketones is 1. The van der Waals surface area contributed by atoms with Crippen molar-refractivity contribution in [3.05, 3.63) is 12.2 Å². The lowest BCUT2D eigenvalue weighted by molar-refractivity contribution is -0.299. The van der Waals surface area contributed by atoms with E-state index in [2.05, 4.69) is 0 Å². The molecular weight excluding hydrogens is 120 g/mol. The first-order valence-corrected chi connectivity index (χ1v) is 2.60. The maximum atomic E-state index is 10.2. The monoisotopic (exact) mass is 127 g/mol. The van der Waals surface area contributed by atoms with Crippen LogP contribution in [-0.4, -0.2) is 11.8 Å². The minimum absolute atomic E-state index is 0.652. The molecule has 0 aliphatic carbocycles. The van der Waals surface area contributed by atoms with E-state index in [0.717, 1.165) is 6.08 Å². The molecule has 0 fully saturated rings. The second kappa shape index (κ2) is 3.83. The van der Waals surface area contributed by atoms with Crippen LogP contribution in [0.1, 0.15) is 13.3 Å². The Morgan fingerprint density at radius 1 is 1.56 bits per heavy atom. The van der Waals surface area contributed by atoms with Crippen molar-refractivity contribution in [2.75, 3.05) is 0 Å². The Labute approximate surface area is 53.0 Å². The maximum absolute atomic E-state index is 10.2. The summed E-state index contributed by atoms with van der Waals surface area (Å²) >= 11 is 0. The Kier molecular flexibility index (Phi) is 3.35. The number of carboxylic acids is 1. The average molecular weight is 127 g/mol. The lowest BCUT2D eigenvalue weighted by atomic mass is 10.3. The molecule has 0 radical (unpaired) electrons. The van der Waals surface area contributed by atoms with Crippen LogP contribution in [-0.2, 0) is 9.59 Å². The molecule has 0 aromatic rings. The lowest BCUT2D eigenvalue weighted by Gasteiger charge is -1.90. The van der Waals surface area contributed by atoms with Gasteiger partial charge in [-0.2, -0.15) is 0 Å². The second-order valence-electron chi connectivity index (χ2n) is 1.46. The van der Waals surface area contributed by atoms with Crippen LogP contribution in [0.15, 0.2) is 12.2 Å². The minimum atomic E-state index is -1.65. The first-order chi connectivity index (χ1) is 4.18. The molecule has 0 spiro atoms. The summed E-state index contributed by atoms with van der Waals surface area (Å²) in [6.45, 7) is 1.80. The molecular formula is C6H7O3-. The van der Waals surface area contributed by atoms with Gasteiger partial charge < -0.3 is 9.90 Å². The standard InChI is InChI=1S/C6H8O3/c1-2-3-4-5(7)6(8)9/h3-4H,2H2,1H3,(H,8,9)/p-1/b4-3-. The average Bonchev–Trinajstić information content (AvgIpc) is 1.82. The molecule has 0 bridgehead atoms. The molecule has 0 aromatic carbocycles. The van der Waals surface area contributed by atoms with Crippen LogP contribution in [0.3, 0.4) is 0 Å². The van der Waals surface area contributed by atoms with E-state index in [0.29, 0.717) is 6.42 Å². The van der Waals surface area contributed by atoms with Gasteiger partial charge in [0.05, 0.1) is 0 Å². The van der Waals surface area contributed by atoms with E-state index in [1.807, 2.05) is 0 Å². The number of rotatable bonds is 3. The number of carboxylic acid groups (broad SMARTS) is 1. The van der Waals surface area contributed by atoms with Gasteiger partial charge in [0.15, 0.2) is 0 Å². The first kappa shape index (κ1) is 7.88. The van der Waals surface area contributed by atoms with Crippen molar-refractivity contribution in [1.29, 1.82) is 0 Å². The van der Waals surface area contributed by atoms with Crippen LogP contribution in [0, 0.1) is 0 Å². The Bertz CT molecular complexity index is 146. The van der Waals surface area contributed by atoms with Crippen molar-refractivity contribution in [2.45, 2.75) is 13.3 Å². The van der Waals surface area contributed by atoms with Gasteiger partial charge in [0, 0.05) is 0 Å². The van der Waals surface area contributed by atoms with Gasteiger partial charge in [0.2, 0.25) is 5.78 Å². The third kappa shape index (κ3) is 3.46. The smallest absolute Gasteiger partial charge is 0.200 e. The van der Waals surface area contributed by atoms with Gasteiger partial charge in [-0.25, -0.2) is 0 Å². The van der Waals surface area contributed by atoms with Crippen molar-refractivity contribution >= 4 is 11.8 Å². The highest BCUT2D eigenvalue weighted by atomic mass is 16.4. The van der Waals surface area contributed by atoms with Gasteiger partial charge >= 0.3 is 0 Å². The lowest BCUT2D eigenvalue weighted by Crippen LogP contribution is -2.29. The van der Waals surface area contributed by atoms with Crippen molar-refractivity contribution in [2.24, 2.45) is 0 Å². The van der Waals surface area contributed by atoms with Crippen molar-refractivity contribution < 1.29 is 14.7 Å². The Hall–Kier alpha value is -1.12. The van der Waals surface area contributed by atoms with Crippen LogP contribution in [0.4, 0.5) is 0 Å². The Morgan fingerprint density at radius 3 is 2.44 bits per heavy atom. The SMILES string of the molecule is CC/C=C\C(=O)C(=O)[O-]. The zero-order valence-electron chi connectivity index (χ0n) is 5.09. The zero-order chi connectivity index (χ0) is 7.28.